The highest BCUT2D eigenvalue weighted by Gasteiger charge is 2.17. The summed E-state index contributed by atoms with van der Waals surface area (Å²) < 4.78 is 5.71. The fraction of sp³-hybridized carbons (Fsp3) is 0.588. The van der Waals surface area contributed by atoms with Gasteiger partial charge < -0.3 is 4.74 Å². The van der Waals surface area contributed by atoms with E-state index in [1.54, 1.807) is 12.1 Å². The first-order valence-corrected chi connectivity index (χ1v) is 7.41. The number of nitriles is 1. The molecule has 2 rings (SSSR count). The van der Waals surface area contributed by atoms with Crippen LogP contribution in [-0.2, 0) is 0 Å². The first-order chi connectivity index (χ1) is 9.28. The Kier molecular flexibility index (Phi) is 5.27. The van der Waals surface area contributed by atoms with Gasteiger partial charge in [0.1, 0.15) is 5.75 Å². The SMILES string of the molecule is C[C@H]1CC[C@H](CCCOc2ccc(C#N)cc2)CC1. The van der Waals surface area contributed by atoms with E-state index in [0.29, 0.717) is 5.56 Å². The van der Waals surface area contributed by atoms with Gasteiger partial charge in [0.2, 0.25) is 0 Å². The van der Waals surface area contributed by atoms with Gasteiger partial charge in [-0.25, -0.2) is 0 Å². The summed E-state index contributed by atoms with van der Waals surface area (Å²) in [6, 6.07) is 9.47. The predicted molar refractivity (Wildman–Crippen MR) is 77.0 cm³/mol. The minimum Gasteiger partial charge on any atom is -0.494 e. The van der Waals surface area contributed by atoms with E-state index in [1.165, 1.54) is 32.1 Å². The molecule has 2 nitrogen and oxygen atoms in total. The van der Waals surface area contributed by atoms with Gasteiger partial charge in [0.25, 0.3) is 0 Å². The van der Waals surface area contributed by atoms with Crippen LogP contribution in [0.2, 0.25) is 0 Å². The minimum absolute atomic E-state index is 0.684. The second kappa shape index (κ2) is 7.19. The predicted octanol–water partition coefficient (Wildman–Crippen LogP) is 4.54. The molecule has 0 saturated heterocycles. The van der Waals surface area contributed by atoms with Crippen molar-refractivity contribution in [3.8, 4) is 11.8 Å². The maximum Gasteiger partial charge on any atom is 0.119 e. The highest BCUT2D eigenvalue weighted by atomic mass is 16.5. The van der Waals surface area contributed by atoms with E-state index in [1.807, 2.05) is 12.1 Å². The molecule has 0 atom stereocenters. The van der Waals surface area contributed by atoms with Gasteiger partial charge in [0.05, 0.1) is 18.2 Å². The van der Waals surface area contributed by atoms with Crippen LogP contribution in [0.4, 0.5) is 0 Å². The third-order valence-corrected chi connectivity index (χ3v) is 4.14. The smallest absolute Gasteiger partial charge is 0.119 e. The van der Waals surface area contributed by atoms with Crippen molar-refractivity contribution in [3.63, 3.8) is 0 Å². The molecule has 0 N–H and O–H groups in total. The molecule has 0 spiro atoms. The molecule has 1 saturated carbocycles. The fourth-order valence-electron chi connectivity index (χ4n) is 2.81. The number of hydrogen-bond donors (Lipinski definition) is 0. The molecule has 19 heavy (non-hydrogen) atoms. The van der Waals surface area contributed by atoms with Crippen molar-refractivity contribution in [1.82, 2.24) is 0 Å². The Hall–Kier alpha value is -1.49. The lowest BCUT2D eigenvalue weighted by Gasteiger charge is -2.25. The normalized spacial score (nSPS) is 22.7. The molecule has 0 amide bonds. The van der Waals surface area contributed by atoms with Gasteiger partial charge in [0, 0.05) is 0 Å². The standard InChI is InChI=1S/C17H23NO/c1-14-4-6-15(7-5-14)3-2-12-19-17-10-8-16(13-18)9-11-17/h8-11,14-15H,2-7,12H2,1H3/t14-,15-. The van der Waals surface area contributed by atoms with E-state index in [2.05, 4.69) is 13.0 Å². The van der Waals surface area contributed by atoms with Crippen molar-refractivity contribution in [1.29, 1.82) is 5.26 Å². The summed E-state index contributed by atoms with van der Waals surface area (Å²) in [5.41, 5.74) is 0.684. The quantitative estimate of drug-likeness (QED) is 0.725. The van der Waals surface area contributed by atoms with E-state index < -0.39 is 0 Å². The van der Waals surface area contributed by atoms with Crippen molar-refractivity contribution < 1.29 is 4.74 Å². The molecule has 0 bridgehead atoms. The summed E-state index contributed by atoms with van der Waals surface area (Å²) in [6.07, 6.45) is 8.04. The lowest BCUT2D eigenvalue weighted by molar-refractivity contribution is 0.245. The Morgan fingerprint density at radius 1 is 1.16 bits per heavy atom. The molecule has 1 aliphatic carbocycles. The first-order valence-electron chi connectivity index (χ1n) is 7.41. The topological polar surface area (TPSA) is 33.0 Å². The Morgan fingerprint density at radius 2 is 1.84 bits per heavy atom. The van der Waals surface area contributed by atoms with Crippen LogP contribution in [-0.4, -0.2) is 6.61 Å². The van der Waals surface area contributed by atoms with Gasteiger partial charge in [-0.3, -0.25) is 0 Å². The highest BCUT2D eigenvalue weighted by molar-refractivity contribution is 5.34. The summed E-state index contributed by atoms with van der Waals surface area (Å²) in [5, 5.41) is 8.71. The largest absolute Gasteiger partial charge is 0.494 e. The average molecular weight is 257 g/mol. The number of benzene rings is 1. The van der Waals surface area contributed by atoms with Crippen LogP contribution in [0.5, 0.6) is 5.75 Å². The Balaban J connectivity index is 1.62. The van der Waals surface area contributed by atoms with E-state index in [9.17, 15) is 0 Å². The molecule has 1 fully saturated rings. The van der Waals surface area contributed by atoms with Crippen molar-refractivity contribution >= 4 is 0 Å². The van der Waals surface area contributed by atoms with Gasteiger partial charge in [-0.2, -0.15) is 5.26 Å². The monoisotopic (exact) mass is 257 g/mol. The summed E-state index contributed by atoms with van der Waals surface area (Å²) in [6.45, 7) is 3.15. The lowest BCUT2D eigenvalue weighted by Crippen LogP contribution is -2.13. The molecule has 0 aromatic heterocycles. The Morgan fingerprint density at radius 3 is 2.47 bits per heavy atom. The van der Waals surface area contributed by atoms with E-state index in [-0.39, 0.29) is 0 Å². The third-order valence-electron chi connectivity index (χ3n) is 4.14. The molecule has 1 aromatic carbocycles. The molecule has 0 heterocycles. The minimum atomic E-state index is 0.684. The molecule has 0 radical (unpaired) electrons. The zero-order chi connectivity index (χ0) is 13.5. The van der Waals surface area contributed by atoms with Gasteiger partial charge in [-0.15, -0.1) is 0 Å². The Bertz CT molecular complexity index is 410. The molecule has 102 valence electrons. The van der Waals surface area contributed by atoms with Gasteiger partial charge in [0.15, 0.2) is 0 Å². The van der Waals surface area contributed by atoms with Gasteiger partial charge in [-0.05, 0) is 48.9 Å². The van der Waals surface area contributed by atoms with Crippen LogP contribution in [0.25, 0.3) is 0 Å². The zero-order valence-electron chi connectivity index (χ0n) is 11.8. The van der Waals surface area contributed by atoms with Crippen molar-refractivity contribution in [2.45, 2.75) is 45.4 Å². The number of rotatable bonds is 5. The second-order valence-electron chi connectivity index (χ2n) is 5.75. The fourth-order valence-corrected chi connectivity index (χ4v) is 2.81. The van der Waals surface area contributed by atoms with E-state index in [0.717, 1.165) is 30.6 Å². The number of hydrogen-bond acceptors (Lipinski definition) is 2. The Labute approximate surface area is 116 Å². The summed E-state index contributed by atoms with van der Waals surface area (Å²) in [7, 11) is 0. The van der Waals surface area contributed by atoms with Crippen LogP contribution >= 0.6 is 0 Å². The van der Waals surface area contributed by atoms with Crippen molar-refractivity contribution in [2.24, 2.45) is 11.8 Å². The summed E-state index contributed by atoms with van der Waals surface area (Å²) in [4.78, 5) is 0. The third kappa shape index (κ3) is 4.59. The van der Waals surface area contributed by atoms with Crippen LogP contribution in [0.1, 0.15) is 51.0 Å². The number of nitrogens with zero attached hydrogens (tertiary/aromatic N) is 1. The van der Waals surface area contributed by atoms with Crippen molar-refractivity contribution in [2.75, 3.05) is 6.61 Å². The lowest BCUT2D eigenvalue weighted by atomic mass is 9.81. The van der Waals surface area contributed by atoms with Gasteiger partial charge in [-0.1, -0.05) is 32.6 Å². The number of ether oxygens (including phenoxy) is 1. The first kappa shape index (κ1) is 13.9. The molecule has 1 aromatic rings. The molecule has 0 unspecified atom stereocenters. The maximum absolute atomic E-state index is 8.71. The van der Waals surface area contributed by atoms with Crippen molar-refractivity contribution in [3.05, 3.63) is 29.8 Å². The molecule has 1 aliphatic rings. The average Bonchev–Trinajstić information content (AvgIpc) is 2.46. The van der Waals surface area contributed by atoms with Crippen LogP contribution in [0, 0.1) is 23.2 Å². The zero-order valence-corrected chi connectivity index (χ0v) is 11.8. The van der Waals surface area contributed by atoms with E-state index in [4.69, 9.17) is 10.00 Å². The molecular weight excluding hydrogens is 234 g/mol. The highest BCUT2D eigenvalue weighted by Crippen LogP contribution is 2.31. The van der Waals surface area contributed by atoms with Crippen LogP contribution in [0.3, 0.4) is 0 Å². The van der Waals surface area contributed by atoms with Crippen LogP contribution in [0.15, 0.2) is 24.3 Å². The van der Waals surface area contributed by atoms with E-state index >= 15 is 0 Å². The van der Waals surface area contributed by atoms with Gasteiger partial charge >= 0.3 is 0 Å². The van der Waals surface area contributed by atoms with Crippen LogP contribution < -0.4 is 4.74 Å². The molecule has 2 heteroatoms. The summed E-state index contributed by atoms with van der Waals surface area (Å²) >= 11 is 0. The molecular formula is C17H23NO. The maximum atomic E-state index is 8.71. The second-order valence-corrected chi connectivity index (χ2v) is 5.75. The molecule has 0 aliphatic heterocycles. The summed E-state index contributed by atoms with van der Waals surface area (Å²) in [5.74, 6) is 2.73.